The van der Waals surface area contributed by atoms with Crippen LogP contribution in [0.5, 0.6) is 0 Å². The molecule has 2 aliphatic rings. The molecule has 0 radical (unpaired) electrons. The van der Waals surface area contributed by atoms with Crippen molar-refractivity contribution in [2.24, 2.45) is 0 Å². The first-order valence-electron chi connectivity index (χ1n) is 7.33. The van der Waals surface area contributed by atoms with Crippen molar-refractivity contribution < 1.29 is 0 Å². The van der Waals surface area contributed by atoms with Gasteiger partial charge in [-0.25, -0.2) is 0 Å². The lowest BCUT2D eigenvalue weighted by Crippen LogP contribution is -2.42. The van der Waals surface area contributed by atoms with E-state index in [-0.39, 0.29) is 0 Å². The van der Waals surface area contributed by atoms with Crippen LogP contribution >= 0.6 is 0 Å². The van der Waals surface area contributed by atoms with Crippen molar-refractivity contribution in [3.05, 3.63) is 0 Å². The Morgan fingerprint density at radius 3 is 2.25 bits per heavy atom. The predicted octanol–water partition coefficient (Wildman–Crippen LogP) is 2.78. The molecule has 0 aromatic rings. The van der Waals surface area contributed by atoms with E-state index in [1.54, 1.807) is 0 Å². The fourth-order valence-electron chi connectivity index (χ4n) is 3.13. The zero-order valence-corrected chi connectivity index (χ0v) is 10.9. The van der Waals surface area contributed by atoms with Crippen LogP contribution in [0.2, 0.25) is 0 Å². The van der Waals surface area contributed by atoms with Crippen LogP contribution in [0, 0.1) is 0 Å². The molecule has 1 heterocycles. The first kappa shape index (κ1) is 12.4. The van der Waals surface area contributed by atoms with Crippen molar-refractivity contribution in [1.29, 1.82) is 0 Å². The third-order valence-electron chi connectivity index (χ3n) is 4.32. The Hall–Kier alpha value is -0.0800. The number of likely N-dealkylation sites (tertiary alicyclic amines) is 1. The van der Waals surface area contributed by atoms with Crippen LogP contribution in [-0.4, -0.2) is 36.6 Å². The molecule has 0 spiro atoms. The van der Waals surface area contributed by atoms with Crippen molar-refractivity contribution in [1.82, 2.24) is 10.2 Å². The van der Waals surface area contributed by atoms with Gasteiger partial charge in [0.2, 0.25) is 0 Å². The second kappa shape index (κ2) is 6.61. The molecule has 16 heavy (non-hydrogen) atoms. The van der Waals surface area contributed by atoms with Gasteiger partial charge in [-0.15, -0.1) is 0 Å². The second-order valence-electron chi connectivity index (χ2n) is 5.69. The molecule has 2 nitrogen and oxygen atoms in total. The van der Waals surface area contributed by atoms with E-state index in [1.165, 1.54) is 71.0 Å². The SMILES string of the molecule is CC(CNC1CCCCCC1)N1CCCC1. The topological polar surface area (TPSA) is 15.3 Å². The van der Waals surface area contributed by atoms with Gasteiger partial charge in [-0.2, -0.15) is 0 Å². The molecule has 94 valence electrons. The summed E-state index contributed by atoms with van der Waals surface area (Å²) in [5, 5.41) is 3.80. The minimum absolute atomic E-state index is 0.741. The average Bonchev–Trinajstić information content (AvgIpc) is 2.71. The van der Waals surface area contributed by atoms with Gasteiger partial charge >= 0.3 is 0 Å². The van der Waals surface area contributed by atoms with Gasteiger partial charge in [0, 0.05) is 18.6 Å². The molecule has 0 aromatic carbocycles. The number of nitrogens with zero attached hydrogens (tertiary/aromatic N) is 1. The van der Waals surface area contributed by atoms with E-state index in [2.05, 4.69) is 17.1 Å². The van der Waals surface area contributed by atoms with E-state index in [1.807, 2.05) is 0 Å². The Balaban J connectivity index is 1.64. The summed E-state index contributed by atoms with van der Waals surface area (Å²) >= 11 is 0. The smallest absolute Gasteiger partial charge is 0.0192 e. The van der Waals surface area contributed by atoms with Gasteiger partial charge in [0.15, 0.2) is 0 Å². The van der Waals surface area contributed by atoms with E-state index in [0.29, 0.717) is 0 Å². The molecule has 2 heteroatoms. The average molecular weight is 224 g/mol. The fourth-order valence-corrected chi connectivity index (χ4v) is 3.13. The Bertz CT molecular complexity index is 177. The van der Waals surface area contributed by atoms with Gasteiger partial charge in [0.05, 0.1) is 0 Å². The van der Waals surface area contributed by atoms with Crippen molar-refractivity contribution in [2.45, 2.75) is 70.4 Å². The van der Waals surface area contributed by atoms with E-state index in [9.17, 15) is 0 Å². The molecular weight excluding hydrogens is 196 g/mol. The summed E-state index contributed by atoms with van der Waals surface area (Å²) in [4.78, 5) is 2.64. The summed E-state index contributed by atoms with van der Waals surface area (Å²) < 4.78 is 0. The van der Waals surface area contributed by atoms with Crippen molar-refractivity contribution in [2.75, 3.05) is 19.6 Å². The normalized spacial score (nSPS) is 26.8. The number of nitrogens with one attached hydrogen (secondary N) is 1. The maximum absolute atomic E-state index is 3.80. The first-order valence-corrected chi connectivity index (χ1v) is 7.33. The summed E-state index contributed by atoms with van der Waals surface area (Å²) in [6, 6.07) is 1.55. The summed E-state index contributed by atoms with van der Waals surface area (Å²) in [6.07, 6.45) is 11.4. The van der Waals surface area contributed by atoms with Gasteiger partial charge in [0.25, 0.3) is 0 Å². The molecule has 1 atom stereocenters. The molecule has 1 saturated heterocycles. The minimum atomic E-state index is 0.741. The molecule has 1 aliphatic carbocycles. The van der Waals surface area contributed by atoms with Gasteiger partial charge in [0.1, 0.15) is 0 Å². The van der Waals surface area contributed by atoms with Gasteiger partial charge in [-0.1, -0.05) is 25.7 Å². The number of rotatable bonds is 4. The van der Waals surface area contributed by atoms with Gasteiger partial charge in [-0.3, -0.25) is 4.90 Å². The van der Waals surface area contributed by atoms with Crippen LogP contribution in [0.1, 0.15) is 58.3 Å². The lowest BCUT2D eigenvalue weighted by molar-refractivity contribution is 0.243. The zero-order chi connectivity index (χ0) is 11.2. The summed E-state index contributed by atoms with van der Waals surface area (Å²) in [5.41, 5.74) is 0. The largest absolute Gasteiger partial charge is 0.312 e. The summed E-state index contributed by atoms with van der Waals surface area (Å²) in [6.45, 7) is 6.24. The van der Waals surface area contributed by atoms with Crippen molar-refractivity contribution in [3.8, 4) is 0 Å². The standard InChI is InChI=1S/C14H28N2/c1-13(16-10-6-7-11-16)12-15-14-8-4-2-3-5-9-14/h13-15H,2-12H2,1H3. The molecule has 1 aliphatic heterocycles. The van der Waals surface area contributed by atoms with E-state index in [0.717, 1.165) is 12.1 Å². The van der Waals surface area contributed by atoms with Gasteiger partial charge in [-0.05, 0) is 45.7 Å². The first-order chi connectivity index (χ1) is 7.86. The monoisotopic (exact) mass is 224 g/mol. The fraction of sp³-hybridized carbons (Fsp3) is 1.00. The van der Waals surface area contributed by atoms with Gasteiger partial charge < -0.3 is 5.32 Å². The number of hydrogen-bond donors (Lipinski definition) is 1. The van der Waals surface area contributed by atoms with Crippen LogP contribution in [-0.2, 0) is 0 Å². The molecule has 0 aromatic heterocycles. The maximum Gasteiger partial charge on any atom is 0.0192 e. The predicted molar refractivity (Wildman–Crippen MR) is 69.8 cm³/mol. The Kier molecular flexibility index (Phi) is 5.11. The second-order valence-corrected chi connectivity index (χ2v) is 5.69. The lowest BCUT2D eigenvalue weighted by atomic mass is 10.1. The van der Waals surface area contributed by atoms with E-state index in [4.69, 9.17) is 0 Å². The quantitative estimate of drug-likeness (QED) is 0.739. The summed E-state index contributed by atoms with van der Waals surface area (Å²) in [7, 11) is 0. The van der Waals surface area contributed by atoms with Crippen molar-refractivity contribution >= 4 is 0 Å². The van der Waals surface area contributed by atoms with Crippen LogP contribution in [0.25, 0.3) is 0 Å². The Morgan fingerprint density at radius 2 is 1.62 bits per heavy atom. The molecule has 2 fully saturated rings. The van der Waals surface area contributed by atoms with Crippen molar-refractivity contribution in [3.63, 3.8) is 0 Å². The summed E-state index contributed by atoms with van der Waals surface area (Å²) in [5.74, 6) is 0. The van der Waals surface area contributed by atoms with E-state index < -0.39 is 0 Å². The molecule has 1 saturated carbocycles. The minimum Gasteiger partial charge on any atom is -0.312 e. The molecule has 2 rings (SSSR count). The molecule has 0 amide bonds. The van der Waals surface area contributed by atoms with Crippen LogP contribution < -0.4 is 5.32 Å². The Morgan fingerprint density at radius 1 is 1.00 bits per heavy atom. The highest BCUT2D eigenvalue weighted by Gasteiger charge is 2.19. The molecular formula is C14H28N2. The molecule has 0 bridgehead atoms. The third kappa shape index (κ3) is 3.74. The third-order valence-corrected chi connectivity index (χ3v) is 4.32. The van der Waals surface area contributed by atoms with Crippen LogP contribution in [0.4, 0.5) is 0 Å². The zero-order valence-electron chi connectivity index (χ0n) is 10.9. The van der Waals surface area contributed by atoms with Crippen LogP contribution in [0.15, 0.2) is 0 Å². The van der Waals surface area contributed by atoms with Crippen LogP contribution in [0.3, 0.4) is 0 Å². The maximum atomic E-state index is 3.80. The molecule has 1 N–H and O–H groups in total. The van der Waals surface area contributed by atoms with E-state index >= 15 is 0 Å². The highest BCUT2D eigenvalue weighted by Crippen LogP contribution is 2.17. The highest BCUT2D eigenvalue weighted by molar-refractivity contribution is 4.77. The number of hydrogen-bond acceptors (Lipinski definition) is 2. The molecule has 1 unspecified atom stereocenters. The highest BCUT2D eigenvalue weighted by atomic mass is 15.2. The Labute approximate surface area is 101 Å². The lowest BCUT2D eigenvalue weighted by Gasteiger charge is -2.26.